The van der Waals surface area contributed by atoms with E-state index in [2.05, 4.69) is 5.32 Å². The second-order valence-electron chi connectivity index (χ2n) is 6.86. The highest BCUT2D eigenvalue weighted by atomic mass is 16.6. The first kappa shape index (κ1) is 18.0. The van der Waals surface area contributed by atoms with Gasteiger partial charge in [0.1, 0.15) is 5.78 Å². The van der Waals surface area contributed by atoms with E-state index in [9.17, 15) is 24.5 Å². The first-order valence-electron chi connectivity index (χ1n) is 8.68. The molecule has 1 aromatic rings. The molecule has 0 heterocycles. The number of nitrogens with one attached hydrogen (secondary N) is 1. The number of hydrogen-bond acceptors (Lipinski definition) is 6. The highest BCUT2D eigenvalue weighted by molar-refractivity contribution is 5.93. The fourth-order valence-electron chi connectivity index (χ4n) is 3.82. The quantitative estimate of drug-likeness (QED) is 0.490. The maximum absolute atomic E-state index is 12.2. The Balaban J connectivity index is 1.50. The maximum Gasteiger partial charge on any atom is 0.309 e. The van der Waals surface area contributed by atoms with Crippen LogP contribution in [0.3, 0.4) is 0 Å². The molecule has 2 aliphatic rings. The number of non-ortho nitro benzene ring substituents is 1. The zero-order chi connectivity index (χ0) is 18.7. The monoisotopic (exact) mass is 360 g/mol. The molecule has 26 heavy (non-hydrogen) atoms. The first-order valence-corrected chi connectivity index (χ1v) is 8.68. The highest BCUT2D eigenvalue weighted by Crippen LogP contribution is 2.40. The van der Waals surface area contributed by atoms with Gasteiger partial charge in [0.25, 0.3) is 11.6 Å². The standard InChI is InChI=1S/C18H20N2O6/c21-16(19-14-5-2-6-15(9-14)20(24)25)10-26-18(23)13-7-11-3-1-4-12(8-13)17(11)22/h2,5-6,9,11-13H,1,3-4,7-8,10H2,(H,19,21). The number of ketones is 1. The molecule has 2 atom stereocenters. The summed E-state index contributed by atoms with van der Waals surface area (Å²) < 4.78 is 5.10. The SMILES string of the molecule is O=C(COC(=O)C1CC2CCCC(C1)C2=O)Nc1cccc([N+](=O)[O-])c1. The lowest BCUT2D eigenvalue weighted by Crippen LogP contribution is -2.40. The van der Waals surface area contributed by atoms with Gasteiger partial charge in [-0.2, -0.15) is 0 Å². The summed E-state index contributed by atoms with van der Waals surface area (Å²) in [7, 11) is 0. The van der Waals surface area contributed by atoms with E-state index < -0.39 is 23.4 Å². The molecule has 3 rings (SSSR count). The summed E-state index contributed by atoms with van der Waals surface area (Å²) in [4.78, 5) is 46.4. The number of nitrogens with zero attached hydrogens (tertiary/aromatic N) is 1. The van der Waals surface area contributed by atoms with E-state index in [0.29, 0.717) is 12.8 Å². The number of amides is 1. The molecule has 2 saturated carbocycles. The molecule has 2 aliphatic carbocycles. The third-order valence-electron chi connectivity index (χ3n) is 5.07. The molecule has 0 spiro atoms. The summed E-state index contributed by atoms with van der Waals surface area (Å²) in [6, 6.07) is 5.52. The Morgan fingerprint density at radius 2 is 1.92 bits per heavy atom. The molecule has 1 N–H and O–H groups in total. The van der Waals surface area contributed by atoms with Crippen LogP contribution in [0.25, 0.3) is 0 Å². The van der Waals surface area contributed by atoms with Gasteiger partial charge in [0, 0.05) is 29.7 Å². The number of fused-ring (bicyclic) bond motifs is 2. The van der Waals surface area contributed by atoms with Crippen LogP contribution in [0.4, 0.5) is 11.4 Å². The van der Waals surface area contributed by atoms with Gasteiger partial charge in [-0.1, -0.05) is 12.5 Å². The smallest absolute Gasteiger partial charge is 0.309 e. The number of hydrogen-bond donors (Lipinski definition) is 1. The number of rotatable bonds is 5. The molecule has 2 unspecified atom stereocenters. The fraction of sp³-hybridized carbons (Fsp3) is 0.500. The third kappa shape index (κ3) is 4.07. The van der Waals surface area contributed by atoms with Crippen molar-refractivity contribution in [2.24, 2.45) is 17.8 Å². The van der Waals surface area contributed by atoms with Crippen LogP contribution < -0.4 is 5.32 Å². The average Bonchev–Trinajstić information content (AvgIpc) is 2.59. The molecule has 2 bridgehead atoms. The minimum Gasteiger partial charge on any atom is -0.455 e. The summed E-state index contributed by atoms with van der Waals surface area (Å²) >= 11 is 0. The predicted octanol–water partition coefficient (Wildman–Crippen LogP) is 2.47. The van der Waals surface area contributed by atoms with Crippen molar-refractivity contribution in [2.75, 3.05) is 11.9 Å². The minimum atomic E-state index is -0.564. The predicted molar refractivity (Wildman–Crippen MR) is 91.2 cm³/mol. The number of ether oxygens (including phenoxy) is 1. The summed E-state index contributed by atoms with van der Waals surface area (Å²) in [5, 5.41) is 13.2. The minimum absolute atomic E-state index is 0.0567. The van der Waals surface area contributed by atoms with Crippen molar-refractivity contribution in [3.63, 3.8) is 0 Å². The Hall–Kier alpha value is -2.77. The maximum atomic E-state index is 12.2. The molecule has 0 aliphatic heterocycles. The normalized spacial score (nSPS) is 24.6. The second kappa shape index (κ2) is 7.63. The fourth-order valence-corrected chi connectivity index (χ4v) is 3.82. The second-order valence-corrected chi connectivity index (χ2v) is 6.86. The largest absolute Gasteiger partial charge is 0.455 e. The molecule has 1 aromatic carbocycles. The topological polar surface area (TPSA) is 116 Å². The summed E-state index contributed by atoms with van der Waals surface area (Å²) in [5.41, 5.74) is 0.122. The van der Waals surface area contributed by atoms with Gasteiger partial charge < -0.3 is 10.1 Å². The lowest BCUT2D eigenvalue weighted by Gasteiger charge is -2.36. The number of esters is 1. The van der Waals surface area contributed by atoms with Gasteiger partial charge in [-0.3, -0.25) is 24.5 Å². The Bertz CT molecular complexity index is 731. The number of nitro groups is 1. The van der Waals surface area contributed by atoms with E-state index in [1.165, 1.54) is 24.3 Å². The number of Topliss-reactive ketones (excluding diaryl/α,β-unsaturated/α-hetero) is 1. The van der Waals surface area contributed by atoms with E-state index in [1.54, 1.807) is 0 Å². The van der Waals surface area contributed by atoms with Crippen LogP contribution in [0.15, 0.2) is 24.3 Å². The van der Waals surface area contributed by atoms with Crippen molar-refractivity contribution in [3.8, 4) is 0 Å². The third-order valence-corrected chi connectivity index (χ3v) is 5.07. The molecule has 8 heteroatoms. The first-order chi connectivity index (χ1) is 12.4. The van der Waals surface area contributed by atoms with Crippen LogP contribution in [-0.2, 0) is 19.1 Å². The summed E-state index contributed by atoms with van der Waals surface area (Å²) in [6.45, 7) is -0.457. The molecular weight excluding hydrogens is 340 g/mol. The lowest BCUT2D eigenvalue weighted by atomic mass is 9.67. The number of anilines is 1. The molecule has 2 fully saturated rings. The number of nitro benzene ring substituents is 1. The van der Waals surface area contributed by atoms with Crippen molar-refractivity contribution in [1.29, 1.82) is 0 Å². The van der Waals surface area contributed by atoms with E-state index >= 15 is 0 Å². The number of carbonyl (C=O) groups excluding carboxylic acids is 3. The Morgan fingerprint density at radius 3 is 2.58 bits per heavy atom. The van der Waals surface area contributed by atoms with Crippen LogP contribution in [0.2, 0.25) is 0 Å². The van der Waals surface area contributed by atoms with Crippen LogP contribution >= 0.6 is 0 Å². The van der Waals surface area contributed by atoms with Gasteiger partial charge in [0.15, 0.2) is 6.61 Å². The van der Waals surface area contributed by atoms with E-state index in [0.717, 1.165) is 19.3 Å². The van der Waals surface area contributed by atoms with Gasteiger partial charge in [-0.25, -0.2) is 0 Å². The molecule has 1 amide bonds. The average molecular weight is 360 g/mol. The lowest BCUT2D eigenvalue weighted by molar-refractivity contribution is -0.384. The van der Waals surface area contributed by atoms with E-state index in [1.807, 2.05) is 0 Å². The van der Waals surface area contributed by atoms with Crippen LogP contribution in [0.1, 0.15) is 32.1 Å². The number of carbonyl (C=O) groups is 3. The Labute approximate surface area is 150 Å². The van der Waals surface area contributed by atoms with E-state index in [4.69, 9.17) is 4.74 Å². The van der Waals surface area contributed by atoms with Crippen molar-refractivity contribution in [2.45, 2.75) is 32.1 Å². The molecule has 0 aromatic heterocycles. The van der Waals surface area contributed by atoms with Gasteiger partial charge in [0.2, 0.25) is 0 Å². The van der Waals surface area contributed by atoms with E-state index in [-0.39, 0.29) is 34.9 Å². The van der Waals surface area contributed by atoms with Crippen LogP contribution in [0, 0.1) is 27.9 Å². The van der Waals surface area contributed by atoms with Gasteiger partial charge >= 0.3 is 5.97 Å². The van der Waals surface area contributed by atoms with Crippen molar-refractivity contribution < 1.29 is 24.0 Å². The summed E-state index contributed by atoms with van der Waals surface area (Å²) in [5.74, 6) is -1.20. The zero-order valence-corrected chi connectivity index (χ0v) is 14.2. The number of benzene rings is 1. The van der Waals surface area contributed by atoms with Gasteiger partial charge in [0.05, 0.1) is 10.8 Å². The summed E-state index contributed by atoms with van der Waals surface area (Å²) in [6.07, 6.45) is 3.68. The van der Waals surface area contributed by atoms with Crippen molar-refractivity contribution in [1.82, 2.24) is 0 Å². The van der Waals surface area contributed by atoms with Crippen molar-refractivity contribution >= 4 is 29.0 Å². The van der Waals surface area contributed by atoms with Gasteiger partial charge in [-0.15, -0.1) is 0 Å². The Morgan fingerprint density at radius 1 is 1.23 bits per heavy atom. The van der Waals surface area contributed by atoms with Crippen molar-refractivity contribution in [3.05, 3.63) is 34.4 Å². The molecular formula is C18H20N2O6. The van der Waals surface area contributed by atoms with Crippen LogP contribution in [-0.4, -0.2) is 29.2 Å². The molecule has 8 nitrogen and oxygen atoms in total. The zero-order valence-electron chi connectivity index (χ0n) is 14.2. The highest BCUT2D eigenvalue weighted by Gasteiger charge is 2.41. The van der Waals surface area contributed by atoms with Gasteiger partial charge in [-0.05, 0) is 31.7 Å². The Kier molecular flexibility index (Phi) is 5.29. The molecule has 0 radical (unpaired) electrons. The van der Waals surface area contributed by atoms with Crippen LogP contribution in [0.5, 0.6) is 0 Å². The molecule has 138 valence electrons. The molecule has 0 saturated heterocycles.